The van der Waals surface area contributed by atoms with Gasteiger partial charge < -0.3 is 10.1 Å². The van der Waals surface area contributed by atoms with Gasteiger partial charge in [0.25, 0.3) is 0 Å². The molecule has 0 fully saturated rings. The average Bonchev–Trinajstić information content (AvgIpc) is 2.39. The Labute approximate surface area is 109 Å². The first-order valence-corrected chi connectivity index (χ1v) is 5.94. The summed E-state index contributed by atoms with van der Waals surface area (Å²) in [6, 6.07) is 14.1. The Bertz CT molecular complexity index is 598. The van der Waals surface area contributed by atoms with Gasteiger partial charge in [0, 0.05) is 5.02 Å². The van der Waals surface area contributed by atoms with Crippen molar-refractivity contribution in [2.45, 2.75) is 6.04 Å². The summed E-state index contributed by atoms with van der Waals surface area (Å²) in [4.78, 5) is 11.9. The number of rotatable bonds is 1. The van der Waals surface area contributed by atoms with E-state index in [0.717, 1.165) is 11.3 Å². The number of fused-ring (bicyclic) bond motifs is 1. The molecule has 1 aliphatic rings. The van der Waals surface area contributed by atoms with Crippen LogP contribution in [0.2, 0.25) is 5.02 Å². The molecule has 2 aromatic rings. The molecule has 0 radical (unpaired) electrons. The quantitative estimate of drug-likeness (QED) is 0.630. The third-order valence-corrected chi connectivity index (χ3v) is 3.06. The predicted octanol–water partition coefficient (Wildman–Crippen LogP) is 3.41. The molecular weight excluding hydrogens is 250 g/mol. The van der Waals surface area contributed by atoms with Crippen molar-refractivity contribution in [3.05, 3.63) is 59.1 Å². The molecule has 0 aliphatic carbocycles. The van der Waals surface area contributed by atoms with Crippen LogP contribution in [0, 0.1) is 0 Å². The Morgan fingerprint density at radius 2 is 1.89 bits per heavy atom. The second-order valence-electron chi connectivity index (χ2n) is 4.05. The molecule has 3 nitrogen and oxygen atoms in total. The van der Waals surface area contributed by atoms with E-state index in [2.05, 4.69) is 5.32 Å². The first-order chi connectivity index (χ1) is 8.74. The van der Waals surface area contributed by atoms with Crippen LogP contribution in [0.1, 0.15) is 11.6 Å². The van der Waals surface area contributed by atoms with Crippen LogP contribution < -0.4 is 10.1 Å². The zero-order valence-electron chi connectivity index (χ0n) is 9.39. The van der Waals surface area contributed by atoms with E-state index in [4.69, 9.17) is 16.3 Å². The van der Waals surface area contributed by atoms with E-state index < -0.39 is 6.04 Å². The molecule has 0 saturated carbocycles. The second-order valence-corrected chi connectivity index (χ2v) is 4.49. The van der Waals surface area contributed by atoms with Crippen LogP contribution in [0.5, 0.6) is 5.75 Å². The number of hydrogen-bond donors (Lipinski definition) is 1. The molecule has 18 heavy (non-hydrogen) atoms. The van der Waals surface area contributed by atoms with Crippen LogP contribution in [0.25, 0.3) is 0 Å². The SMILES string of the molecule is O=C1Oc2ccc(Cl)cc2N[C@@H]1c1ccccc1. The van der Waals surface area contributed by atoms with Gasteiger partial charge in [-0.2, -0.15) is 0 Å². The highest BCUT2D eigenvalue weighted by Gasteiger charge is 2.28. The van der Waals surface area contributed by atoms with Gasteiger partial charge in [-0.05, 0) is 23.8 Å². The Morgan fingerprint density at radius 1 is 1.11 bits per heavy atom. The number of anilines is 1. The molecule has 0 spiro atoms. The molecule has 0 aromatic heterocycles. The maximum absolute atomic E-state index is 11.9. The van der Waals surface area contributed by atoms with Gasteiger partial charge in [0.1, 0.15) is 0 Å². The van der Waals surface area contributed by atoms with Gasteiger partial charge in [0.15, 0.2) is 11.8 Å². The summed E-state index contributed by atoms with van der Waals surface area (Å²) in [5, 5.41) is 3.75. The maximum Gasteiger partial charge on any atom is 0.338 e. The topological polar surface area (TPSA) is 38.3 Å². The van der Waals surface area contributed by atoms with Crippen molar-refractivity contribution >= 4 is 23.3 Å². The summed E-state index contributed by atoms with van der Waals surface area (Å²) in [6.07, 6.45) is 0. The van der Waals surface area contributed by atoms with E-state index in [1.165, 1.54) is 0 Å². The monoisotopic (exact) mass is 259 g/mol. The summed E-state index contributed by atoms with van der Waals surface area (Å²) in [5.41, 5.74) is 1.60. The van der Waals surface area contributed by atoms with Gasteiger partial charge in [0.05, 0.1) is 5.69 Å². The highest BCUT2D eigenvalue weighted by Crippen LogP contribution is 2.36. The Balaban J connectivity index is 1.99. The van der Waals surface area contributed by atoms with Gasteiger partial charge in [-0.1, -0.05) is 41.9 Å². The van der Waals surface area contributed by atoms with E-state index in [9.17, 15) is 4.79 Å². The molecule has 1 atom stereocenters. The van der Waals surface area contributed by atoms with Crippen molar-refractivity contribution < 1.29 is 9.53 Å². The minimum Gasteiger partial charge on any atom is -0.423 e. The average molecular weight is 260 g/mol. The van der Waals surface area contributed by atoms with Crippen LogP contribution in [0.4, 0.5) is 5.69 Å². The number of nitrogens with one attached hydrogen (secondary N) is 1. The molecule has 2 aromatic carbocycles. The molecule has 1 aliphatic heterocycles. The molecule has 0 unspecified atom stereocenters. The number of benzene rings is 2. The van der Waals surface area contributed by atoms with Crippen LogP contribution in [0.3, 0.4) is 0 Å². The Morgan fingerprint density at radius 3 is 2.67 bits per heavy atom. The summed E-state index contributed by atoms with van der Waals surface area (Å²) in [6.45, 7) is 0. The largest absolute Gasteiger partial charge is 0.423 e. The maximum atomic E-state index is 11.9. The van der Waals surface area contributed by atoms with Gasteiger partial charge in [-0.25, -0.2) is 4.79 Å². The number of esters is 1. The Kier molecular flexibility index (Phi) is 2.68. The normalized spacial score (nSPS) is 17.6. The minimum atomic E-state index is -0.489. The van der Waals surface area contributed by atoms with Crippen molar-refractivity contribution in [1.29, 1.82) is 0 Å². The number of carbonyl (C=O) groups excluding carboxylic acids is 1. The fourth-order valence-corrected chi connectivity index (χ4v) is 2.12. The zero-order chi connectivity index (χ0) is 12.5. The van der Waals surface area contributed by atoms with Crippen LogP contribution in [-0.4, -0.2) is 5.97 Å². The molecule has 3 rings (SSSR count). The van der Waals surface area contributed by atoms with Gasteiger partial charge in [-0.3, -0.25) is 0 Å². The first kappa shape index (κ1) is 11.1. The fraction of sp³-hybridized carbons (Fsp3) is 0.0714. The second kappa shape index (κ2) is 4.35. The molecule has 4 heteroatoms. The fourth-order valence-electron chi connectivity index (χ4n) is 1.95. The summed E-state index contributed by atoms with van der Waals surface area (Å²) >= 11 is 5.93. The number of carbonyl (C=O) groups is 1. The number of hydrogen-bond acceptors (Lipinski definition) is 3. The minimum absolute atomic E-state index is 0.309. The number of halogens is 1. The van der Waals surface area contributed by atoms with Crippen molar-refractivity contribution in [3.8, 4) is 5.75 Å². The number of ether oxygens (including phenoxy) is 1. The Hall–Kier alpha value is -2.00. The highest BCUT2D eigenvalue weighted by atomic mass is 35.5. The van der Waals surface area contributed by atoms with Crippen molar-refractivity contribution in [3.63, 3.8) is 0 Å². The van der Waals surface area contributed by atoms with E-state index in [1.54, 1.807) is 18.2 Å². The molecule has 0 bridgehead atoms. The van der Waals surface area contributed by atoms with Crippen molar-refractivity contribution in [2.24, 2.45) is 0 Å². The van der Waals surface area contributed by atoms with Crippen LogP contribution >= 0.6 is 11.6 Å². The molecule has 0 saturated heterocycles. The lowest BCUT2D eigenvalue weighted by Crippen LogP contribution is -2.29. The third kappa shape index (κ3) is 1.93. The summed E-state index contributed by atoms with van der Waals surface area (Å²) < 4.78 is 5.29. The van der Waals surface area contributed by atoms with Crippen molar-refractivity contribution in [1.82, 2.24) is 0 Å². The predicted molar refractivity (Wildman–Crippen MR) is 69.9 cm³/mol. The molecule has 0 amide bonds. The third-order valence-electron chi connectivity index (χ3n) is 2.82. The van der Waals surface area contributed by atoms with Crippen molar-refractivity contribution in [2.75, 3.05) is 5.32 Å². The lowest BCUT2D eigenvalue weighted by Gasteiger charge is -2.25. The summed E-state index contributed by atoms with van der Waals surface area (Å²) in [5.74, 6) is 0.201. The lowest BCUT2D eigenvalue weighted by molar-refractivity contribution is -0.136. The van der Waals surface area contributed by atoms with Gasteiger partial charge in [-0.15, -0.1) is 0 Å². The molecule has 1 N–H and O–H groups in total. The highest BCUT2D eigenvalue weighted by molar-refractivity contribution is 6.31. The van der Waals surface area contributed by atoms with E-state index in [-0.39, 0.29) is 5.97 Å². The molecular formula is C14H10ClNO2. The zero-order valence-corrected chi connectivity index (χ0v) is 10.1. The van der Waals surface area contributed by atoms with Crippen LogP contribution in [-0.2, 0) is 4.79 Å². The van der Waals surface area contributed by atoms with Gasteiger partial charge >= 0.3 is 5.97 Å². The standard InChI is InChI=1S/C14H10ClNO2/c15-10-6-7-12-11(8-10)16-13(14(17)18-12)9-4-2-1-3-5-9/h1-8,13,16H/t13-/m1/s1. The van der Waals surface area contributed by atoms with E-state index in [1.807, 2.05) is 30.3 Å². The summed E-state index contributed by atoms with van der Waals surface area (Å²) in [7, 11) is 0. The van der Waals surface area contributed by atoms with E-state index >= 15 is 0 Å². The lowest BCUT2D eigenvalue weighted by atomic mass is 10.1. The molecule has 1 heterocycles. The van der Waals surface area contributed by atoms with E-state index in [0.29, 0.717) is 10.8 Å². The smallest absolute Gasteiger partial charge is 0.338 e. The first-order valence-electron chi connectivity index (χ1n) is 5.57. The van der Waals surface area contributed by atoms with Crippen LogP contribution in [0.15, 0.2) is 48.5 Å². The molecule has 90 valence electrons. The van der Waals surface area contributed by atoms with Gasteiger partial charge in [0.2, 0.25) is 0 Å².